The Morgan fingerprint density at radius 2 is 2.04 bits per heavy atom. The third-order valence-electron chi connectivity index (χ3n) is 4.88. The predicted octanol–water partition coefficient (Wildman–Crippen LogP) is 3.30. The molecule has 1 amide bonds. The van der Waals surface area contributed by atoms with Crippen molar-refractivity contribution in [3.05, 3.63) is 35.1 Å². The second kappa shape index (κ2) is 6.30. The Hall–Kier alpha value is -2.30. The summed E-state index contributed by atoms with van der Waals surface area (Å²) in [5.74, 6) is -1.44. The van der Waals surface area contributed by atoms with Gasteiger partial charge in [0.15, 0.2) is 0 Å². The average Bonchev–Trinajstić information content (AvgIpc) is 3.29. The third-order valence-corrected chi connectivity index (χ3v) is 4.88. The van der Waals surface area contributed by atoms with Crippen LogP contribution in [0.4, 0.5) is 0 Å². The standard InChI is InChI=1S/C19H23NO4/c1-11-4-7-16-14(10-24-18(16)13(11)3)8-17(21)20(15-5-6-15)9-12(2)19(22)23/h4,7,10,12,15H,5-6,8-9H2,1-3H3,(H,22,23). The fourth-order valence-electron chi connectivity index (χ4n) is 3.00. The summed E-state index contributed by atoms with van der Waals surface area (Å²) in [4.78, 5) is 25.6. The van der Waals surface area contributed by atoms with Crippen LogP contribution in [-0.2, 0) is 16.0 Å². The zero-order valence-electron chi connectivity index (χ0n) is 14.3. The molecule has 128 valence electrons. The van der Waals surface area contributed by atoms with Crippen molar-refractivity contribution in [1.29, 1.82) is 0 Å². The monoisotopic (exact) mass is 329 g/mol. The smallest absolute Gasteiger partial charge is 0.308 e. The van der Waals surface area contributed by atoms with Gasteiger partial charge in [-0.2, -0.15) is 0 Å². The van der Waals surface area contributed by atoms with Crippen LogP contribution in [0, 0.1) is 19.8 Å². The van der Waals surface area contributed by atoms with Crippen molar-refractivity contribution < 1.29 is 19.1 Å². The van der Waals surface area contributed by atoms with E-state index in [1.807, 2.05) is 26.0 Å². The van der Waals surface area contributed by atoms with E-state index in [9.17, 15) is 9.59 Å². The molecule has 1 aliphatic carbocycles. The number of carboxylic acid groups (broad SMARTS) is 1. The zero-order valence-corrected chi connectivity index (χ0v) is 14.3. The van der Waals surface area contributed by atoms with E-state index in [4.69, 9.17) is 9.52 Å². The van der Waals surface area contributed by atoms with Gasteiger partial charge in [0.25, 0.3) is 0 Å². The van der Waals surface area contributed by atoms with E-state index < -0.39 is 11.9 Å². The van der Waals surface area contributed by atoms with E-state index in [0.717, 1.165) is 40.5 Å². The highest BCUT2D eigenvalue weighted by atomic mass is 16.4. The van der Waals surface area contributed by atoms with Crippen LogP contribution in [0.2, 0.25) is 0 Å². The lowest BCUT2D eigenvalue weighted by Crippen LogP contribution is -2.39. The molecular weight excluding hydrogens is 306 g/mol. The van der Waals surface area contributed by atoms with Crippen LogP contribution < -0.4 is 0 Å². The van der Waals surface area contributed by atoms with Crippen LogP contribution in [0.25, 0.3) is 11.0 Å². The molecule has 5 heteroatoms. The molecule has 0 bridgehead atoms. The number of fused-ring (bicyclic) bond motifs is 1. The summed E-state index contributed by atoms with van der Waals surface area (Å²) >= 11 is 0. The van der Waals surface area contributed by atoms with Gasteiger partial charge in [0, 0.05) is 23.5 Å². The lowest BCUT2D eigenvalue weighted by molar-refractivity contribution is -0.143. The van der Waals surface area contributed by atoms with Gasteiger partial charge in [0.2, 0.25) is 5.91 Å². The van der Waals surface area contributed by atoms with Crippen molar-refractivity contribution in [2.45, 2.75) is 46.1 Å². The molecule has 1 aromatic carbocycles. The molecule has 0 saturated heterocycles. The summed E-state index contributed by atoms with van der Waals surface area (Å²) in [5.41, 5.74) is 3.94. The van der Waals surface area contributed by atoms with Gasteiger partial charge in [-0.3, -0.25) is 9.59 Å². The fraction of sp³-hybridized carbons (Fsp3) is 0.474. The molecule has 3 rings (SSSR count). The minimum absolute atomic E-state index is 0.0217. The van der Waals surface area contributed by atoms with Crippen molar-refractivity contribution >= 4 is 22.8 Å². The van der Waals surface area contributed by atoms with Gasteiger partial charge in [0.05, 0.1) is 18.6 Å². The predicted molar refractivity (Wildman–Crippen MR) is 90.9 cm³/mol. The quantitative estimate of drug-likeness (QED) is 0.882. The maximum absolute atomic E-state index is 12.7. The van der Waals surface area contributed by atoms with E-state index >= 15 is 0 Å². The first-order chi connectivity index (χ1) is 11.4. The molecule has 1 unspecified atom stereocenters. The van der Waals surface area contributed by atoms with Gasteiger partial charge in [-0.1, -0.05) is 19.1 Å². The minimum atomic E-state index is -0.867. The van der Waals surface area contributed by atoms with Crippen LogP contribution in [0.3, 0.4) is 0 Å². The molecule has 1 atom stereocenters. The number of hydrogen-bond donors (Lipinski definition) is 1. The lowest BCUT2D eigenvalue weighted by atomic mass is 10.0. The Bertz CT molecular complexity index is 788. The normalized spacial score (nSPS) is 15.5. The maximum Gasteiger partial charge on any atom is 0.308 e. The SMILES string of the molecule is Cc1ccc2c(CC(=O)N(CC(C)C(=O)O)C3CC3)coc2c1C. The maximum atomic E-state index is 12.7. The Kier molecular flexibility index (Phi) is 4.35. The molecule has 1 N–H and O–H groups in total. The number of hydrogen-bond acceptors (Lipinski definition) is 3. The highest BCUT2D eigenvalue weighted by Gasteiger charge is 2.34. The Morgan fingerprint density at radius 1 is 1.33 bits per heavy atom. The first-order valence-electron chi connectivity index (χ1n) is 8.37. The molecule has 0 aliphatic heterocycles. The molecule has 1 saturated carbocycles. The second-order valence-electron chi connectivity index (χ2n) is 6.84. The molecule has 1 aliphatic rings. The first kappa shape index (κ1) is 16.6. The Balaban J connectivity index is 1.80. The number of carbonyl (C=O) groups is 2. The molecule has 1 fully saturated rings. The minimum Gasteiger partial charge on any atom is -0.481 e. The number of aryl methyl sites for hydroxylation is 2. The number of benzene rings is 1. The van der Waals surface area contributed by atoms with Crippen LogP contribution >= 0.6 is 0 Å². The van der Waals surface area contributed by atoms with Crippen molar-refractivity contribution in [2.24, 2.45) is 5.92 Å². The highest BCUT2D eigenvalue weighted by molar-refractivity contribution is 5.90. The molecule has 1 aromatic heterocycles. The topological polar surface area (TPSA) is 70.8 Å². The van der Waals surface area contributed by atoms with Crippen molar-refractivity contribution in [3.63, 3.8) is 0 Å². The van der Waals surface area contributed by atoms with Gasteiger partial charge >= 0.3 is 5.97 Å². The van der Waals surface area contributed by atoms with Crippen LogP contribution in [0.15, 0.2) is 22.8 Å². The summed E-state index contributed by atoms with van der Waals surface area (Å²) in [6.07, 6.45) is 3.82. The van der Waals surface area contributed by atoms with Crippen LogP contribution in [-0.4, -0.2) is 34.5 Å². The summed E-state index contributed by atoms with van der Waals surface area (Å²) in [6.45, 7) is 5.96. The summed E-state index contributed by atoms with van der Waals surface area (Å²) < 4.78 is 5.67. The van der Waals surface area contributed by atoms with Crippen LogP contribution in [0.5, 0.6) is 0 Å². The van der Waals surface area contributed by atoms with Gasteiger partial charge in [-0.25, -0.2) is 0 Å². The lowest BCUT2D eigenvalue weighted by Gasteiger charge is -2.24. The van der Waals surface area contributed by atoms with Gasteiger partial charge in [0.1, 0.15) is 5.58 Å². The van der Waals surface area contributed by atoms with E-state index in [1.165, 1.54) is 0 Å². The number of carbonyl (C=O) groups excluding carboxylic acids is 1. The van der Waals surface area contributed by atoms with Crippen molar-refractivity contribution in [2.75, 3.05) is 6.54 Å². The van der Waals surface area contributed by atoms with Crippen LogP contribution in [0.1, 0.15) is 36.5 Å². The fourth-order valence-corrected chi connectivity index (χ4v) is 3.00. The molecule has 1 heterocycles. The first-order valence-corrected chi connectivity index (χ1v) is 8.37. The number of aliphatic carboxylic acids is 1. The highest BCUT2D eigenvalue weighted by Crippen LogP contribution is 2.30. The number of carboxylic acids is 1. The van der Waals surface area contributed by atoms with Gasteiger partial charge in [-0.15, -0.1) is 0 Å². The molecule has 24 heavy (non-hydrogen) atoms. The number of amides is 1. The Labute approximate surface area is 141 Å². The third kappa shape index (κ3) is 3.16. The molecule has 5 nitrogen and oxygen atoms in total. The number of furan rings is 1. The molecular formula is C19H23NO4. The Morgan fingerprint density at radius 3 is 2.67 bits per heavy atom. The molecule has 0 radical (unpaired) electrons. The van der Waals surface area contributed by atoms with Crippen molar-refractivity contribution in [1.82, 2.24) is 4.90 Å². The number of rotatable bonds is 6. The van der Waals surface area contributed by atoms with E-state index in [2.05, 4.69) is 0 Å². The van der Waals surface area contributed by atoms with Gasteiger partial charge in [-0.05, 0) is 37.8 Å². The summed E-state index contributed by atoms with van der Waals surface area (Å²) in [6, 6.07) is 4.22. The molecule has 0 spiro atoms. The van der Waals surface area contributed by atoms with E-state index in [-0.39, 0.29) is 24.9 Å². The summed E-state index contributed by atoms with van der Waals surface area (Å²) in [5, 5.41) is 10.1. The van der Waals surface area contributed by atoms with Crippen molar-refractivity contribution in [3.8, 4) is 0 Å². The van der Waals surface area contributed by atoms with E-state index in [0.29, 0.717) is 0 Å². The molecule has 2 aromatic rings. The average molecular weight is 329 g/mol. The zero-order chi connectivity index (χ0) is 17.4. The second-order valence-corrected chi connectivity index (χ2v) is 6.84. The summed E-state index contributed by atoms with van der Waals surface area (Å²) in [7, 11) is 0. The largest absolute Gasteiger partial charge is 0.481 e. The van der Waals surface area contributed by atoms with E-state index in [1.54, 1.807) is 18.1 Å². The number of nitrogens with zero attached hydrogens (tertiary/aromatic N) is 1. The van der Waals surface area contributed by atoms with Gasteiger partial charge < -0.3 is 14.4 Å².